The molecule has 0 unspecified atom stereocenters. The Kier molecular flexibility index (Phi) is 5.10. The van der Waals surface area contributed by atoms with Gasteiger partial charge in [0.2, 0.25) is 0 Å². The quantitative estimate of drug-likeness (QED) is 0.719. The first-order valence-corrected chi connectivity index (χ1v) is 7.84. The lowest BCUT2D eigenvalue weighted by atomic mass is 10.2. The molecule has 0 aliphatic heterocycles. The van der Waals surface area contributed by atoms with Crippen molar-refractivity contribution in [3.63, 3.8) is 0 Å². The molecule has 0 amide bonds. The summed E-state index contributed by atoms with van der Waals surface area (Å²) in [6, 6.07) is 4.99. The van der Waals surface area contributed by atoms with Gasteiger partial charge in [0, 0.05) is 18.2 Å². The monoisotopic (exact) mass is 401 g/mol. The van der Waals surface area contributed by atoms with Crippen LogP contribution in [0.5, 0.6) is 0 Å². The third-order valence-corrected chi connectivity index (χ3v) is 3.76. The van der Waals surface area contributed by atoms with E-state index in [1.807, 2.05) is 6.92 Å². The molecule has 0 atom stereocenters. The molecule has 1 N–H and O–H groups in total. The van der Waals surface area contributed by atoms with E-state index in [2.05, 4.69) is 54.1 Å². The van der Waals surface area contributed by atoms with E-state index >= 15 is 0 Å². The second-order valence-corrected chi connectivity index (χ2v) is 6.12. The average Bonchev–Trinajstić information content (AvgIpc) is 2.35. The van der Waals surface area contributed by atoms with Gasteiger partial charge in [-0.3, -0.25) is 0 Å². The second kappa shape index (κ2) is 6.63. The lowest BCUT2D eigenvalue weighted by Crippen LogP contribution is -2.02. The molecular formula is C14H14Br2FN3. The van der Waals surface area contributed by atoms with Crippen LogP contribution in [0.4, 0.5) is 15.9 Å². The Hall–Kier alpha value is -1.01. The summed E-state index contributed by atoms with van der Waals surface area (Å²) < 4.78 is 14.6. The SMILES string of the molecule is CCCc1nc(Br)cc(Nc2cc(Br)c(F)cc2C)n1. The number of aryl methyl sites for hydroxylation is 2. The molecule has 2 aromatic rings. The number of benzene rings is 1. The van der Waals surface area contributed by atoms with Crippen LogP contribution in [0.25, 0.3) is 0 Å². The highest BCUT2D eigenvalue weighted by molar-refractivity contribution is 9.10. The highest BCUT2D eigenvalue weighted by atomic mass is 79.9. The fourth-order valence-corrected chi connectivity index (χ4v) is 2.55. The van der Waals surface area contributed by atoms with E-state index in [0.717, 1.165) is 34.5 Å². The predicted molar refractivity (Wildman–Crippen MR) is 85.8 cm³/mol. The van der Waals surface area contributed by atoms with E-state index in [-0.39, 0.29) is 5.82 Å². The summed E-state index contributed by atoms with van der Waals surface area (Å²) in [6.45, 7) is 3.93. The minimum Gasteiger partial charge on any atom is -0.340 e. The third-order valence-electron chi connectivity index (χ3n) is 2.74. The molecule has 0 saturated carbocycles. The second-order valence-electron chi connectivity index (χ2n) is 4.45. The van der Waals surface area contributed by atoms with Crippen molar-refractivity contribution in [2.75, 3.05) is 5.32 Å². The molecule has 0 bridgehead atoms. The fraction of sp³-hybridized carbons (Fsp3) is 0.286. The Bertz CT molecular complexity index is 632. The number of nitrogens with zero attached hydrogens (tertiary/aromatic N) is 2. The van der Waals surface area contributed by atoms with E-state index < -0.39 is 0 Å². The van der Waals surface area contributed by atoms with E-state index in [9.17, 15) is 4.39 Å². The zero-order chi connectivity index (χ0) is 14.7. The zero-order valence-electron chi connectivity index (χ0n) is 11.2. The van der Waals surface area contributed by atoms with Gasteiger partial charge in [-0.05, 0) is 62.9 Å². The van der Waals surface area contributed by atoms with Gasteiger partial charge in [-0.15, -0.1) is 0 Å². The molecule has 0 fully saturated rings. The molecule has 0 aliphatic rings. The van der Waals surface area contributed by atoms with Gasteiger partial charge in [0.1, 0.15) is 22.1 Å². The van der Waals surface area contributed by atoms with Crippen LogP contribution in [0, 0.1) is 12.7 Å². The fourth-order valence-electron chi connectivity index (χ4n) is 1.78. The zero-order valence-corrected chi connectivity index (χ0v) is 14.3. The van der Waals surface area contributed by atoms with E-state index in [0.29, 0.717) is 10.3 Å². The van der Waals surface area contributed by atoms with Gasteiger partial charge in [-0.25, -0.2) is 14.4 Å². The lowest BCUT2D eigenvalue weighted by molar-refractivity contribution is 0.620. The van der Waals surface area contributed by atoms with Crippen molar-refractivity contribution in [1.29, 1.82) is 0 Å². The van der Waals surface area contributed by atoms with E-state index in [1.165, 1.54) is 6.07 Å². The molecular weight excluding hydrogens is 389 g/mol. The van der Waals surface area contributed by atoms with Crippen molar-refractivity contribution < 1.29 is 4.39 Å². The number of anilines is 2. The number of halogens is 3. The Morgan fingerprint density at radius 2 is 1.95 bits per heavy atom. The first-order valence-electron chi connectivity index (χ1n) is 6.25. The lowest BCUT2D eigenvalue weighted by Gasteiger charge is -2.11. The molecule has 106 valence electrons. The highest BCUT2D eigenvalue weighted by Gasteiger charge is 2.08. The van der Waals surface area contributed by atoms with Crippen LogP contribution < -0.4 is 5.32 Å². The van der Waals surface area contributed by atoms with Crippen LogP contribution in [-0.4, -0.2) is 9.97 Å². The van der Waals surface area contributed by atoms with Crippen molar-refractivity contribution in [3.8, 4) is 0 Å². The largest absolute Gasteiger partial charge is 0.340 e. The van der Waals surface area contributed by atoms with Crippen molar-refractivity contribution in [3.05, 3.63) is 44.5 Å². The summed E-state index contributed by atoms with van der Waals surface area (Å²) in [7, 11) is 0. The van der Waals surface area contributed by atoms with Gasteiger partial charge >= 0.3 is 0 Å². The first kappa shape index (κ1) is 15.4. The molecule has 20 heavy (non-hydrogen) atoms. The molecule has 1 heterocycles. The van der Waals surface area contributed by atoms with E-state index in [1.54, 1.807) is 12.1 Å². The Balaban J connectivity index is 2.32. The van der Waals surface area contributed by atoms with Gasteiger partial charge in [0.25, 0.3) is 0 Å². The van der Waals surface area contributed by atoms with Crippen LogP contribution >= 0.6 is 31.9 Å². The smallest absolute Gasteiger partial charge is 0.137 e. The number of aromatic nitrogens is 2. The summed E-state index contributed by atoms with van der Waals surface area (Å²) in [4.78, 5) is 8.77. The minimum atomic E-state index is -0.274. The molecule has 1 aromatic heterocycles. The minimum absolute atomic E-state index is 0.274. The third kappa shape index (κ3) is 3.76. The Morgan fingerprint density at radius 3 is 2.65 bits per heavy atom. The molecule has 0 saturated heterocycles. The van der Waals surface area contributed by atoms with Crippen molar-refractivity contribution in [1.82, 2.24) is 9.97 Å². The van der Waals surface area contributed by atoms with Crippen molar-refractivity contribution in [2.45, 2.75) is 26.7 Å². The molecule has 6 heteroatoms. The molecule has 0 radical (unpaired) electrons. The summed E-state index contributed by atoms with van der Waals surface area (Å²) in [5.74, 6) is 1.20. The van der Waals surface area contributed by atoms with Crippen LogP contribution in [-0.2, 0) is 6.42 Å². The normalized spacial score (nSPS) is 10.7. The maximum atomic E-state index is 13.4. The van der Waals surface area contributed by atoms with Gasteiger partial charge in [0.15, 0.2) is 0 Å². The van der Waals surface area contributed by atoms with Crippen LogP contribution in [0.2, 0.25) is 0 Å². The van der Waals surface area contributed by atoms with Crippen molar-refractivity contribution >= 4 is 43.4 Å². The van der Waals surface area contributed by atoms with Gasteiger partial charge in [-0.2, -0.15) is 0 Å². The van der Waals surface area contributed by atoms with Gasteiger partial charge in [0.05, 0.1) is 4.47 Å². The first-order chi connectivity index (χ1) is 9.49. The van der Waals surface area contributed by atoms with Crippen LogP contribution in [0.15, 0.2) is 27.3 Å². The molecule has 3 nitrogen and oxygen atoms in total. The van der Waals surface area contributed by atoms with Gasteiger partial charge in [-0.1, -0.05) is 6.92 Å². The summed E-state index contributed by atoms with van der Waals surface area (Å²) in [5.41, 5.74) is 1.63. The average molecular weight is 403 g/mol. The molecule has 0 spiro atoms. The summed E-state index contributed by atoms with van der Waals surface area (Å²) in [5, 5.41) is 3.20. The van der Waals surface area contributed by atoms with Crippen LogP contribution in [0.3, 0.4) is 0 Å². The topological polar surface area (TPSA) is 37.8 Å². The standard InChI is InChI=1S/C14H14Br2FN3/c1-3-4-13-19-12(16)7-14(20-13)18-11-6-9(15)10(17)5-8(11)2/h5-7H,3-4H2,1-2H3,(H,18,19,20). The number of nitrogens with one attached hydrogen (secondary N) is 1. The maximum Gasteiger partial charge on any atom is 0.137 e. The molecule has 0 aliphatic carbocycles. The predicted octanol–water partition coefficient (Wildman–Crippen LogP) is 5.15. The van der Waals surface area contributed by atoms with Gasteiger partial charge < -0.3 is 5.32 Å². The van der Waals surface area contributed by atoms with Crippen LogP contribution in [0.1, 0.15) is 24.7 Å². The molecule has 2 rings (SSSR count). The summed E-state index contributed by atoms with van der Waals surface area (Å²) >= 11 is 6.57. The van der Waals surface area contributed by atoms with E-state index in [4.69, 9.17) is 0 Å². The Labute approximate surface area is 134 Å². The summed E-state index contributed by atoms with van der Waals surface area (Å²) in [6.07, 6.45) is 1.80. The van der Waals surface area contributed by atoms with Crippen molar-refractivity contribution in [2.24, 2.45) is 0 Å². The number of hydrogen-bond acceptors (Lipinski definition) is 3. The highest BCUT2D eigenvalue weighted by Crippen LogP contribution is 2.27. The molecule has 1 aromatic carbocycles. The maximum absolute atomic E-state index is 13.4. The Morgan fingerprint density at radius 1 is 1.20 bits per heavy atom. The number of hydrogen-bond donors (Lipinski definition) is 1. The number of rotatable bonds is 4.